The summed E-state index contributed by atoms with van der Waals surface area (Å²) in [4.78, 5) is 2.64. The van der Waals surface area contributed by atoms with Gasteiger partial charge in [-0.2, -0.15) is 0 Å². The van der Waals surface area contributed by atoms with E-state index >= 15 is 0 Å². The molecular formula is C19H32N2. The van der Waals surface area contributed by atoms with Crippen molar-refractivity contribution in [2.45, 2.75) is 71.4 Å². The largest absolute Gasteiger partial charge is 0.368 e. The second-order valence-corrected chi connectivity index (χ2v) is 7.02. The molecule has 0 bridgehead atoms. The fourth-order valence-electron chi connectivity index (χ4n) is 3.35. The third kappa shape index (κ3) is 4.74. The molecule has 1 aliphatic carbocycles. The van der Waals surface area contributed by atoms with Crippen molar-refractivity contribution >= 4 is 5.69 Å². The number of rotatable bonds is 7. The average Bonchev–Trinajstić information content (AvgIpc) is 2.99. The molecule has 118 valence electrons. The monoisotopic (exact) mass is 288 g/mol. The summed E-state index contributed by atoms with van der Waals surface area (Å²) in [6.07, 6.45) is 7.53. The molecule has 2 rings (SSSR count). The minimum atomic E-state index is 0.289. The van der Waals surface area contributed by atoms with E-state index in [0.29, 0.717) is 5.92 Å². The van der Waals surface area contributed by atoms with Crippen molar-refractivity contribution in [2.24, 2.45) is 11.7 Å². The van der Waals surface area contributed by atoms with Gasteiger partial charge in [0.05, 0.1) is 0 Å². The number of nitrogens with two attached hydrogens (primary N) is 1. The van der Waals surface area contributed by atoms with Crippen LogP contribution in [0.3, 0.4) is 0 Å². The van der Waals surface area contributed by atoms with Gasteiger partial charge in [-0.25, -0.2) is 0 Å². The number of hydrogen-bond donors (Lipinski definition) is 1. The number of hydrogen-bond acceptors (Lipinski definition) is 2. The molecule has 2 heteroatoms. The zero-order valence-corrected chi connectivity index (χ0v) is 14.0. The van der Waals surface area contributed by atoms with Crippen LogP contribution in [0.25, 0.3) is 0 Å². The second-order valence-electron chi connectivity index (χ2n) is 7.02. The third-order valence-corrected chi connectivity index (χ3v) is 4.62. The van der Waals surface area contributed by atoms with Crippen LogP contribution in [-0.2, 0) is 6.42 Å². The van der Waals surface area contributed by atoms with Crippen molar-refractivity contribution in [3.8, 4) is 0 Å². The molecule has 0 aliphatic heterocycles. The van der Waals surface area contributed by atoms with Crippen LogP contribution in [0.1, 0.15) is 58.4 Å². The van der Waals surface area contributed by atoms with Gasteiger partial charge < -0.3 is 10.6 Å². The summed E-state index contributed by atoms with van der Waals surface area (Å²) in [5.74, 6) is 0.707. The topological polar surface area (TPSA) is 29.3 Å². The van der Waals surface area contributed by atoms with Crippen LogP contribution in [0.4, 0.5) is 5.69 Å². The summed E-state index contributed by atoms with van der Waals surface area (Å²) >= 11 is 0. The first-order valence-electron chi connectivity index (χ1n) is 8.71. The van der Waals surface area contributed by atoms with Gasteiger partial charge in [-0.15, -0.1) is 0 Å². The van der Waals surface area contributed by atoms with Gasteiger partial charge in [0.25, 0.3) is 0 Å². The maximum absolute atomic E-state index is 6.06. The molecule has 0 saturated heterocycles. The number of benzene rings is 1. The Labute approximate surface area is 130 Å². The van der Waals surface area contributed by atoms with E-state index in [0.717, 1.165) is 18.9 Å². The lowest BCUT2D eigenvalue weighted by atomic mass is 10.0. The standard InChI is InChI=1S/C19H32N2/c1-4-17(20)13-16-9-11-19(12-10-16)21(14-15(2)3)18-7-5-6-8-18/h9-12,15,17-18H,4-8,13-14,20H2,1-3H3. The van der Waals surface area contributed by atoms with Crippen molar-refractivity contribution in [3.05, 3.63) is 29.8 Å². The third-order valence-electron chi connectivity index (χ3n) is 4.62. The van der Waals surface area contributed by atoms with Crippen molar-refractivity contribution in [3.63, 3.8) is 0 Å². The van der Waals surface area contributed by atoms with Gasteiger partial charge in [0, 0.05) is 24.3 Å². The minimum absolute atomic E-state index is 0.289. The van der Waals surface area contributed by atoms with Gasteiger partial charge in [0.2, 0.25) is 0 Å². The van der Waals surface area contributed by atoms with E-state index in [-0.39, 0.29) is 6.04 Å². The first kappa shape index (κ1) is 16.4. The highest BCUT2D eigenvalue weighted by Crippen LogP contribution is 2.29. The maximum atomic E-state index is 6.06. The Morgan fingerprint density at radius 1 is 1.14 bits per heavy atom. The Morgan fingerprint density at radius 2 is 1.76 bits per heavy atom. The molecule has 1 saturated carbocycles. The Bertz CT molecular complexity index is 404. The Morgan fingerprint density at radius 3 is 2.29 bits per heavy atom. The van der Waals surface area contributed by atoms with Crippen LogP contribution < -0.4 is 10.6 Å². The molecule has 1 aromatic rings. The quantitative estimate of drug-likeness (QED) is 0.807. The van der Waals surface area contributed by atoms with Crippen molar-refractivity contribution in [1.29, 1.82) is 0 Å². The molecule has 2 nitrogen and oxygen atoms in total. The first-order valence-corrected chi connectivity index (χ1v) is 8.71. The van der Waals surface area contributed by atoms with Crippen LogP contribution in [0.5, 0.6) is 0 Å². The fourth-order valence-corrected chi connectivity index (χ4v) is 3.35. The summed E-state index contributed by atoms with van der Waals surface area (Å²) in [6.45, 7) is 7.95. The van der Waals surface area contributed by atoms with E-state index in [1.54, 1.807) is 0 Å². The zero-order valence-electron chi connectivity index (χ0n) is 14.0. The van der Waals surface area contributed by atoms with Gasteiger partial charge in [-0.1, -0.05) is 45.7 Å². The number of anilines is 1. The van der Waals surface area contributed by atoms with E-state index in [1.807, 2.05) is 0 Å². The molecule has 21 heavy (non-hydrogen) atoms. The van der Waals surface area contributed by atoms with E-state index in [4.69, 9.17) is 5.73 Å². The summed E-state index contributed by atoms with van der Waals surface area (Å²) in [5, 5.41) is 0. The Kier molecular flexibility index (Phi) is 6.10. The predicted octanol–water partition coefficient (Wildman–Crippen LogP) is 4.37. The van der Waals surface area contributed by atoms with Crippen LogP contribution in [-0.4, -0.2) is 18.6 Å². The molecule has 1 atom stereocenters. The predicted molar refractivity (Wildman–Crippen MR) is 92.9 cm³/mol. The SMILES string of the molecule is CCC(N)Cc1ccc(N(CC(C)C)C2CCCC2)cc1. The van der Waals surface area contributed by atoms with Gasteiger partial charge in [0.1, 0.15) is 0 Å². The van der Waals surface area contributed by atoms with Gasteiger partial charge in [-0.3, -0.25) is 0 Å². The average molecular weight is 288 g/mol. The molecule has 0 spiro atoms. The normalized spacial score (nSPS) is 17.4. The van der Waals surface area contributed by atoms with Crippen LogP contribution in [0.2, 0.25) is 0 Å². The van der Waals surface area contributed by atoms with Crippen LogP contribution in [0, 0.1) is 5.92 Å². The lowest BCUT2D eigenvalue weighted by Crippen LogP contribution is -2.36. The summed E-state index contributed by atoms with van der Waals surface area (Å²) in [7, 11) is 0. The van der Waals surface area contributed by atoms with Crippen molar-refractivity contribution in [2.75, 3.05) is 11.4 Å². The van der Waals surface area contributed by atoms with Gasteiger partial charge in [-0.05, 0) is 49.3 Å². The highest BCUT2D eigenvalue weighted by atomic mass is 15.2. The lowest BCUT2D eigenvalue weighted by molar-refractivity contribution is 0.536. The van der Waals surface area contributed by atoms with E-state index in [9.17, 15) is 0 Å². The van der Waals surface area contributed by atoms with E-state index in [2.05, 4.69) is 49.9 Å². The maximum Gasteiger partial charge on any atom is 0.0368 e. The van der Waals surface area contributed by atoms with Gasteiger partial charge in [0.15, 0.2) is 0 Å². The summed E-state index contributed by atoms with van der Waals surface area (Å²) in [5.41, 5.74) is 8.82. The fraction of sp³-hybridized carbons (Fsp3) is 0.684. The molecule has 0 radical (unpaired) electrons. The van der Waals surface area contributed by atoms with E-state index in [1.165, 1.54) is 43.5 Å². The minimum Gasteiger partial charge on any atom is -0.368 e. The van der Waals surface area contributed by atoms with Gasteiger partial charge >= 0.3 is 0 Å². The molecule has 1 aliphatic rings. The van der Waals surface area contributed by atoms with Crippen LogP contribution in [0.15, 0.2) is 24.3 Å². The molecule has 1 fully saturated rings. The molecule has 1 unspecified atom stereocenters. The number of nitrogens with zero attached hydrogens (tertiary/aromatic N) is 1. The molecule has 0 aromatic heterocycles. The molecule has 2 N–H and O–H groups in total. The Balaban J connectivity index is 2.08. The van der Waals surface area contributed by atoms with Crippen LogP contribution >= 0.6 is 0 Å². The van der Waals surface area contributed by atoms with Crippen molar-refractivity contribution < 1.29 is 0 Å². The Hall–Kier alpha value is -1.02. The molecule has 0 amide bonds. The second kappa shape index (κ2) is 7.84. The zero-order chi connectivity index (χ0) is 15.2. The molecular weight excluding hydrogens is 256 g/mol. The molecule has 1 aromatic carbocycles. The van der Waals surface area contributed by atoms with E-state index < -0.39 is 0 Å². The van der Waals surface area contributed by atoms with Crippen molar-refractivity contribution in [1.82, 2.24) is 0 Å². The summed E-state index contributed by atoms with van der Waals surface area (Å²) < 4.78 is 0. The highest BCUT2D eigenvalue weighted by Gasteiger charge is 2.23. The smallest absolute Gasteiger partial charge is 0.0368 e. The highest BCUT2D eigenvalue weighted by molar-refractivity contribution is 5.49. The molecule has 0 heterocycles. The lowest BCUT2D eigenvalue weighted by Gasteiger charge is -2.33. The summed E-state index contributed by atoms with van der Waals surface area (Å²) in [6, 6.07) is 10.2. The first-order chi connectivity index (χ1) is 10.1.